The van der Waals surface area contributed by atoms with Crippen LogP contribution in [0.1, 0.15) is 0 Å². The first kappa shape index (κ1) is 19.2. The molecule has 22 heavy (non-hydrogen) atoms. The van der Waals surface area contributed by atoms with E-state index in [-0.39, 0.29) is 24.8 Å². The molecule has 7 heteroatoms. The lowest BCUT2D eigenvalue weighted by atomic mass is 10.2. The molecule has 1 N–H and O–H groups in total. The molecule has 1 aromatic heterocycles. The Bertz CT molecular complexity index is 533. The van der Waals surface area contributed by atoms with Crippen LogP contribution in [0.4, 0.5) is 5.13 Å². The van der Waals surface area contributed by atoms with E-state index >= 15 is 0 Å². The van der Waals surface area contributed by atoms with E-state index in [9.17, 15) is 0 Å². The Morgan fingerprint density at radius 3 is 2.59 bits per heavy atom. The lowest BCUT2D eigenvalue weighted by Crippen LogP contribution is -2.38. The maximum absolute atomic E-state index is 5.34. The Kier molecular flexibility index (Phi) is 8.75. The number of hydrogen-bond acceptors (Lipinski definition) is 5. The Balaban J connectivity index is 0.00000121. The highest BCUT2D eigenvalue weighted by Crippen LogP contribution is 2.24. The van der Waals surface area contributed by atoms with Gasteiger partial charge in [0.25, 0.3) is 0 Å². The number of nitrogens with one attached hydrogen (secondary N) is 1. The molecule has 0 bridgehead atoms. The van der Waals surface area contributed by atoms with Gasteiger partial charge in [0.2, 0.25) is 0 Å². The first-order valence-corrected chi connectivity index (χ1v) is 7.85. The fraction of sp³-hybridized carbons (Fsp3) is 0.400. The second-order valence-electron chi connectivity index (χ2n) is 4.78. The van der Waals surface area contributed by atoms with Gasteiger partial charge in [0.15, 0.2) is 5.13 Å². The van der Waals surface area contributed by atoms with E-state index in [2.05, 4.69) is 32.7 Å². The molecule has 0 spiro atoms. The van der Waals surface area contributed by atoms with Gasteiger partial charge in [-0.05, 0) is 0 Å². The van der Waals surface area contributed by atoms with Crippen LogP contribution in [0.15, 0.2) is 35.7 Å². The zero-order chi connectivity index (χ0) is 13.6. The molecule has 0 radical (unpaired) electrons. The molecular formula is C15H21Cl2N3OS. The summed E-state index contributed by atoms with van der Waals surface area (Å²) < 4.78 is 5.34. The summed E-state index contributed by atoms with van der Waals surface area (Å²) in [6, 6.07) is 10.3. The van der Waals surface area contributed by atoms with E-state index < -0.39 is 0 Å². The Morgan fingerprint density at radius 2 is 1.86 bits per heavy atom. The average Bonchev–Trinajstić information content (AvgIpc) is 2.98. The summed E-state index contributed by atoms with van der Waals surface area (Å²) in [5, 5.41) is 6.51. The highest BCUT2D eigenvalue weighted by atomic mass is 35.5. The molecule has 0 atom stereocenters. The fourth-order valence-corrected chi connectivity index (χ4v) is 2.99. The number of nitrogens with zero attached hydrogens (tertiary/aromatic N) is 2. The number of aromatic nitrogens is 1. The van der Waals surface area contributed by atoms with Crippen molar-refractivity contribution in [2.24, 2.45) is 0 Å². The quantitative estimate of drug-likeness (QED) is 0.885. The van der Waals surface area contributed by atoms with Crippen molar-refractivity contribution in [3.63, 3.8) is 0 Å². The van der Waals surface area contributed by atoms with Gasteiger partial charge in [0.05, 0.1) is 18.9 Å². The maximum Gasteiger partial charge on any atom is 0.183 e. The van der Waals surface area contributed by atoms with Crippen molar-refractivity contribution in [2.45, 2.75) is 0 Å². The van der Waals surface area contributed by atoms with Crippen LogP contribution in [0.3, 0.4) is 0 Å². The summed E-state index contributed by atoms with van der Waals surface area (Å²) in [4.78, 5) is 7.05. The van der Waals surface area contributed by atoms with Crippen LogP contribution >= 0.6 is 36.2 Å². The molecule has 4 nitrogen and oxygen atoms in total. The van der Waals surface area contributed by atoms with Crippen LogP contribution in [0.2, 0.25) is 0 Å². The molecule has 1 aliphatic rings. The number of thiazole rings is 1. The Hall–Kier alpha value is -0.850. The van der Waals surface area contributed by atoms with Gasteiger partial charge < -0.3 is 10.1 Å². The van der Waals surface area contributed by atoms with Crippen molar-refractivity contribution >= 4 is 41.3 Å². The van der Waals surface area contributed by atoms with Crippen molar-refractivity contribution in [3.8, 4) is 11.3 Å². The molecule has 1 saturated heterocycles. The Labute approximate surface area is 147 Å². The van der Waals surface area contributed by atoms with Gasteiger partial charge in [-0.2, -0.15) is 0 Å². The molecule has 0 saturated carbocycles. The molecule has 122 valence electrons. The zero-order valence-electron chi connectivity index (χ0n) is 12.2. The number of rotatable bonds is 5. The minimum Gasteiger partial charge on any atom is -0.379 e. The predicted molar refractivity (Wildman–Crippen MR) is 97.8 cm³/mol. The molecule has 3 rings (SSSR count). The molecule has 0 unspecified atom stereocenters. The summed E-state index contributed by atoms with van der Waals surface area (Å²) in [7, 11) is 0. The topological polar surface area (TPSA) is 37.4 Å². The third-order valence-electron chi connectivity index (χ3n) is 3.38. The molecule has 0 amide bonds. The monoisotopic (exact) mass is 361 g/mol. The first-order chi connectivity index (χ1) is 9.92. The van der Waals surface area contributed by atoms with Crippen molar-refractivity contribution in [2.75, 3.05) is 44.7 Å². The number of hydrogen-bond donors (Lipinski definition) is 1. The third kappa shape index (κ3) is 5.41. The van der Waals surface area contributed by atoms with E-state index in [1.54, 1.807) is 11.3 Å². The van der Waals surface area contributed by atoms with Crippen LogP contribution in [-0.4, -0.2) is 49.3 Å². The SMILES string of the molecule is Cl.Cl.c1ccc(-c2csc(NCCN3CCOCC3)n2)cc1. The van der Waals surface area contributed by atoms with Crippen molar-refractivity contribution < 1.29 is 4.74 Å². The number of ether oxygens (including phenoxy) is 1. The minimum absolute atomic E-state index is 0. The largest absolute Gasteiger partial charge is 0.379 e. The summed E-state index contributed by atoms with van der Waals surface area (Å²) in [5.41, 5.74) is 2.22. The van der Waals surface area contributed by atoms with Crippen LogP contribution in [-0.2, 0) is 4.74 Å². The highest BCUT2D eigenvalue weighted by Gasteiger charge is 2.10. The van der Waals surface area contributed by atoms with Gasteiger partial charge in [-0.3, -0.25) is 4.90 Å². The maximum atomic E-state index is 5.34. The van der Waals surface area contributed by atoms with E-state index in [4.69, 9.17) is 4.74 Å². The normalized spacial score (nSPS) is 14.7. The second-order valence-corrected chi connectivity index (χ2v) is 5.64. The van der Waals surface area contributed by atoms with Crippen molar-refractivity contribution in [3.05, 3.63) is 35.7 Å². The number of halogens is 2. The molecule has 1 fully saturated rings. The molecule has 2 aromatic rings. The van der Waals surface area contributed by atoms with Gasteiger partial charge in [-0.15, -0.1) is 36.2 Å². The van der Waals surface area contributed by atoms with Crippen LogP contribution < -0.4 is 5.32 Å². The third-order valence-corrected chi connectivity index (χ3v) is 4.18. The molecule has 1 aliphatic heterocycles. The second kappa shape index (κ2) is 10.0. The van der Waals surface area contributed by atoms with E-state index in [0.29, 0.717) is 0 Å². The molecule has 0 aliphatic carbocycles. The molecule has 2 heterocycles. The summed E-state index contributed by atoms with van der Waals surface area (Å²) in [6.45, 7) is 5.76. The Morgan fingerprint density at radius 1 is 1.14 bits per heavy atom. The number of anilines is 1. The van der Waals surface area contributed by atoms with Gasteiger partial charge in [-0.1, -0.05) is 30.3 Å². The molecular weight excluding hydrogens is 341 g/mol. The highest BCUT2D eigenvalue weighted by molar-refractivity contribution is 7.14. The van der Waals surface area contributed by atoms with E-state index in [0.717, 1.165) is 50.2 Å². The van der Waals surface area contributed by atoms with E-state index in [1.165, 1.54) is 5.56 Å². The van der Waals surface area contributed by atoms with Gasteiger partial charge in [0.1, 0.15) is 0 Å². The summed E-state index contributed by atoms with van der Waals surface area (Å²) in [5.74, 6) is 0. The van der Waals surface area contributed by atoms with Crippen molar-refractivity contribution in [1.82, 2.24) is 9.88 Å². The number of benzene rings is 1. The van der Waals surface area contributed by atoms with Crippen LogP contribution in [0, 0.1) is 0 Å². The lowest BCUT2D eigenvalue weighted by molar-refractivity contribution is 0.0398. The summed E-state index contributed by atoms with van der Waals surface area (Å²) in [6.07, 6.45) is 0. The molecule has 1 aromatic carbocycles. The first-order valence-electron chi connectivity index (χ1n) is 6.97. The van der Waals surface area contributed by atoms with Crippen LogP contribution in [0.5, 0.6) is 0 Å². The predicted octanol–water partition coefficient (Wildman–Crippen LogP) is 3.40. The number of morpholine rings is 1. The summed E-state index contributed by atoms with van der Waals surface area (Å²) >= 11 is 1.67. The minimum atomic E-state index is 0. The smallest absolute Gasteiger partial charge is 0.183 e. The fourth-order valence-electron chi connectivity index (χ4n) is 2.24. The van der Waals surface area contributed by atoms with Gasteiger partial charge in [-0.25, -0.2) is 4.98 Å². The van der Waals surface area contributed by atoms with Crippen LogP contribution in [0.25, 0.3) is 11.3 Å². The van der Waals surface area contributed by atoms with Crippen molar-refractivity contribution in [1.29, 1.82) is 0 Å². The van der Waals surface area contributed by atoms with E-state index in [1.807, 2.05) is 18.2 Å². The zero-order valence-corrected chi connectivity index (χ0v) is 14.7. The average molecular weight is 362 g/mol. The van der Waals surface area contributed by atoms with Gasteiger partial charge in [0, 0.05) is 37.1 Å². The lowest BCUT2D eigenvalue weighted by Gasteiger charge is -2.26. The van der Waals surface area contributed by atoms with Gasteiger partial charge >= 0.3 is 0 Å². The standard InChI is InChI=1S/C15H19N3OS.2ClH/c1-2-4-13(5-3-1)14-12-20-15(17-14)16-6-7-18-8-10-19-11-9-18;;/h1-5,12H,6-11H2,(H,16,17);2*1H.